The number of rotatable bonds is 7. The van der Waals surface area contributed by atoms with Crippen molar-refractivity contribution in [3.63, 3.8) is 0 Å². The number of aromatic nitrogens is 1. The third kappa shape index (κ3) is 4.66. The molecule has 1 fully saturated rings. The lowest BCUT2D eigenvalue weighted by Crippen LogP contribution is -2.44. The lowest BCUT2D eigenvalue weighted by Gasteiger charge is -2.33. The van der Waals surface area contributed by atoms with Crippen LogP contribution < -0.4 is 0 Å². The molecule has 148 valence electrons. The van der Waals surface area contributed by atoms with Crippen LogP contribution >= 0.6 is 0 Å². The van der Waals surface area contributed by atoms with Crippen molar-refractivity contribution in [2.75, 3.05) is 41.3 Å². The van der Waals surface area contributed by atoms with E-state index in [1.807, 2.05) is 19.0 Å². The first kappa shape index (κ1) is 20.9. The van der Waals surface area contributed by atoms with Gasteiger partial charge in [-0.2, -0.15) is 4.31 Å². The Morgan fingerprint density at radius 2 is 1.73 bits per heavy atom. The molecule has 0 spiro atoms. The molecule has 0 bridgehead atoms. The van der Waals surface area contributed by atoms with Crippen LogP contribution in [-0.2, 0) is 17.1 Å². The Bertz CT molecular complexity index is 719. The summed E-state index contributed by atoms with van der Waals surface area (Å²) in [6, 6.07) is 1.55. The van der Waals surface area contributed by atoms with Gasteiger partial charge in [-0.25, -0.2) is 8.42 Å². The van der Waals surface area contributed by atoms with Crippen molar-refractivity contribution in [3.05, 3.63) is 18.0 Å². The van der Waals surface area contributed by atoms with Crippen LogP contribution in [0.1, 0.15) is 42.6 Å². The molecule has 8 heteroatoms. The highest BCUT2D eigenvalue weighted by atomic mass is 32.2. The average Bonchev–Trinajstić information content (AvgIpc) is 2.97. The van der Waals surface area contributed by atoms with E-state index in [0.29, 0.717) is 18.8 Å². The highest BCUT2D eigenvalue weighted by Gasteiger charge is 2.33. The molecule has 0 N–H and O–H groups in total. The van der Waals surface area contributed by atoms with Crippen molar-refractivity contribution in [3.8, 4) is 0 Å². The molecule has 26 heavy (non-hydrogen) atoms. The van der Waals surface area contributed by atoms with Crippen LogP contribution in [0.3, 0.4) is 0 Å². The third-order valence-corrected chi connectivity index (χ3v) is 6.88. The summed E-state index contributed by atoms with van der Waals surface area (Å²) in [7, 11) is 5.28. The molecule has 1 saturated carbocycles. The largest absolute Gasteiger partial charge is 0.345 e. The van der Waals surface area contributed by atoms with Gasteiger partial charge < -0.3 is 14.4 Å². The number of nitrogens with zero attached hydrogens (tertiary/aromatic N) is 4. The van der Waals surface area contributed by atoms with Crippen LogP contribution in [0.25, 0.3) is 0 Å². The average molecular weight is 385 g/mol. The minimum atomic E-state index is -3.64. The molecular weight excluding hydrogens is 352 g/mol. The molecule has 1 aromatic heterocycles. The lowest BCUT2D eigenvalue weighted by molar-refractivity contribution is 0.0818. The summed E-state index contributed by atoms with van der Waals surface area (Å²) in [6.45, 7) is 1.14. The molecule has 2 rings (SSSR count). The molecule has 0 unspecified atom stereocenters. The Morgan fingerprint density at radius 3 is 2.27 bits per heavy atom. The minimum absolute atomic E-state index is 0.0434. The van der Waals surface area contributed by atoms with E-state index >= 15 is 0 Å². The summed E-state index contributed by atoms with van der Waals surface area (Å²) in [5.41, 5.74) is 0.379. The third-order valence-electron chi connectivity index (χ3n) is 4.96. The number of amides is 1. The Labute approximate surface area is 157 Å². The van der Waals surface area contributed by atoms with Crippen LogP contribution in [0.2, 0.25) is 0 Å². The van der Waals surface area contributed by atoms with E-state index in [0.717, 1.165) is 25.7 Å². The lowest BCUT2D eigenvalue weighted by atomic mass is 9.95. The van der Waals surface area contributed by atoms with Crippen molar-refractivity contribution in [2.45, 2.75) is 43.0 Å². The maximum Gasteiger partial charge on any atom is 0.269 e. The summed E-state index contributed by atoms with van der Waals surface area (Å²) in [5, 5.41) is 0. The molecule has 1 aliphatic carbocycles. The predicted molar refractivity (Wildman–Crippen MR) is 103 cm³/mol. The first-order valence-electron chi connectivity index (χ1n) is 9.19. The predicted octanol–water partition coefficient (Wildman–Crippen LogP) is 1.61. The van der Waals surface area contributed by atoms with Gasteiger partial charge in [0.2, 0.25) is 10.0 Å². The molecule has 1 amide bonds. The SMILES string of the molecule is CN(C)CCN(C1CCCCC1)S(=O)(=O)c1cc(C(=O)N(C)C)n(C)c1. The molecule has 0 atom stereocenters. The first-order valence-corrected chi connectivity index (χ1v) is 10.6. The molecule has 1 aromatic rings. The van der Waals surface area contributed by atoms with Gasteiger partial charge in [0.05, 0.1) is 0 Å². The van der Waals surface area contributed by atoms with Gasteiger partial charge in [-0.3, -0.25) is 4.79 Å². The van der Waals surface area contributed by atoms with Crippen LogP contribution in [0, 0.1) is 0 Å². The van der Waals surface area contributed by atoms with Crippen LogP contribution in [0.15, 0.2) is 17.2 Å². The van der Waals surface area contributed by atoms with E-state index in [4.69, 9.17) is 0 Å². The number of likely N-dealkylation sites (N-methyl/N-ethyl adjacent to an activating group) is 1. The summed E-state index contributed by atoms with van der Waals surface area (Å²) in [5.74, 6) is -0.202. The summed E-state index contributed by atoms with van der Waals surface area (Å²) >= 11 is 0. The summed E-state index contributed by atoms with van der Waals surface area (Å²) in [6.07, 6.45) is 6.67. The van der Waals surface area contributed by atoms with Gasteiger partial charge in [-0.15, -0.1) is 0 Å². The number of carbonyl (C=O) groups excluding carboxylic acids is 1. The van der Waals surface area contributed by atoms with Gasteiger partial charge in [-0.05, 0) is 33.0 Å². The maximum atomic E-state index is 13.4. The standard InChI is InChI=1S/C18H32N4O3S/c1-19(2)11-12-22(15-9-7-6-8-10-15)26(24,25)16-13-17(21(5)14-16)18(23)20(3)4/h13-15H,6-12H2,1-5H3. The Balaban J connectivity index is 2.36. The smallest absolute Gasteiger partial charge is 0.269 e. The van der Waals surface area contributed by atoms with E-state index < -0.39 is 10.0 Å². The highest BCUT2D eigenvalue weighted by molar-refractivity contribution is 7.89. The number of hydrogen-bond donors (Lipinski definition) is 0. The Hall–Kier alpha value is -1.38. The first-order chi connectivity index (χ1) is 12.1. The number of aryl methyl sites for hydroxylation is 1. The van der Waals surface area contributed by atoms with Gasteiger partial charge in [0.1, 0.15) is 10.6 Å². The zero-order chi connectivity index (χ0) is 19.5. The molecule has 0 aromatic carbocycles. The minimum Gasteiger partial charge on any atom is -0.345 e. The van der Waals surface area contributed by atoms with Crippen LogP contribution in [0.4, 0.5) is 0 Å². The fraction of sp³-hybridized carbons (Fsp3) is 0.722. The highest BCUT2D eigenvalue weighted by Crippen LogP contribution is 2.28. The van der Waals surface area contributed by atoms with Crippen LogP contribution in [-0.4, -0.2) is 80.3 Å². The number of carbonyl (C=O) groups is 1. The van der Waals surface area contributed by atoms with Gasteiger partial charge in [0, 0.05) is 46.5 Å². The second-order valence-electron chi connectivity index (χ2n) is 7.58. The number of sulfonamides is 1. The molecular formula is C18H32N4O3S. The van der Waals surface area contributed by atoms with Crippen molar-refractivity contribution in [1.82, 2.24) is 18.7 Å². The molecule has 1 heterocycles. The fourth-order valence-corrected chi connectivity index (χ4v) is 5.17. The molecule has 0 radical (unpaired) electrons. The second kappa shape index (κ2) is 8.54. The van der Waals surface area contributed by atoms with Crippen molar-refractivity contribution >= 4 is 15.9 Å². The molecule has 0 aliphatic heterocycles. The Morgan fingerprint density at radius 1 is 1.12 bits per heavy atom. The van der Waals surface area contributed by atoms with Gasteiger partial charge >= 0.3 is 0 Å². The Kier molecular flexibility index (Phi) is 6.87. The number of hydrogen-bond acceptors (Lipinski definition) is 4. The molecule has 1 aliphatic rings. The van der Waals surface area contributed by atoms with Gasteiger partial charge in [0.15, 0.2) is 0 Å². The van der Waals surface area contributed by atoms with E-state index in [-0.39, 0.29) is 16.8 Å². The normalized spacial score (nSPS) is 16.4. The zero-order valence-electron chi connectivity index (χ0n) is 16.6. The summed E-state index contributed by atoms with van der Waals surface area (Å²) in [4.78, 5) is 15.9. The molecule has 7 nitrogen and oxygen atoms in total. The van der Waals surface area contributed by atoms with Crippen molar-refractivity contribution in [2.24, 2.45) is 7.05 Å². The van der Waals surface area contributed by atoms with Crippen molar-refractivity contribution < 1.29 is 13.2 Å². The quantitative estimate of drug-likeness (QED) is 0.716. The van der Waals surface area contributed by atoms with Gasteiger partial charge in [-0.1, -0.05) is 19.3 Å². The van der Waals surface area contributed by atoms with E-state index in [1.54, 1.807) is 36.2 Å². The van der Waals surface area contributed by atoms with E-state index in [1.165, 1.54) is 17.4 Å². The molecule has 0 saturated heterocycles. The maximum absolute atomic E-state index is 13.4. The topological polar surface area (TPSA) is 65.9 Å². The fourth-order valence-electron chi connectivity index (χ4n) is 3.42. The zero-order valence-corrected chi connectivity index (χ0v) is 17.4. The van der Waals surface area contributed by atoms with Crippen molar-refractivity contribution in [1.29, 1.82) is 0 Å². The monoisotopic (exact) mass is 384 g/mol. The van der Waals surface area contributed by atoms with Crippen LogP contribution in [0.5, 0.6) is 0 Å². The second-order valence-corrected chi connectivity index (χ2v) is 9.47. The van der Waals surface area contributed by atoms with Gasteiger partial charge in [0.25, 0.3) is 5.91 Å². The van der Waals surface area contributed by atoms with E-state index in [9.17, 15) is 13.2 Å². The van der Waals surface area contributed by atoms with E-state index in [2.05, 4.69) is 0 Å². The summed E-state index contributed by atoms with van der Waals surface area (Å²) < 4.78 is 30.0.